The van der Waals surface area contributed by atoms with Crippen LogP contribution in [0.5, 0.6) is 0 Å². The zero-order valence-corrected chi connectivity index (χ0v) is 66.2. The summed E-state index contributed by atoms with van der Waals surface area (Å²) in [5.74, 6) is -16.7. The second kappa shape index (κ2) is 45.7. The van der Waals surface area contributed by atoms with Crippen LogP contribution in [0, 0.1) is 6.92 Å². The highest BCUT2D eigenvalue weighted by Crippen LogP contribution is 2.23. The topological polar surface area (TPSA) is 613 Å². The number of benzene rings is 4. The third kappa shape index (κ3) is 30.4. The molecule has 1 aromatic heterocycles. The van der Waals surface area contributed by atoms with Crippen LogP contribution in [-0.4, -0.2) is 214 Å². The van der Waals surface area contributed by atoms with Crippen molar-refractivity contribution in [2.75, 3.05) is 31.1 Å². The lowest BCUT2D eigenvalue weighted by molar-refractivity contribution is -0.138. The van der Waals surface area contributed by atoms with E-state index in [4.69, 9.17) is 28.7 Å². The molecule has 1 aliphatic rings. The molecule has 0 aliphatic carbocycles. The Labute approximate surface area is 673 Å². The van der Waals surface area contributed by atoms with E-state index in [0.717, 1.165) is 41.9 Å². The Kier molecular flexibility index (Phi) is 36.6. The SMILES string of the molecule is CC(=O)NCCCC[C@H](NC(=O)[C@](C)(CCCCN)NC(=O)[C@H](Cc1ccc2ccccc2c1)NC(=O)[C@H](Cc1cccc(C)c1)NC(=O)[C@@H]1CSCC[C@H](NC(C)=O)C(=O)N[C@@H](CCC(N)=O)C(=O)N[C@@H]([C@@H](C)O)C(=O)N[C@@H](Cc2c[nH]c3ccccc23)C(=O)N[C@@H](CCC(N)=O)C(=O)N1)C(=O)N[C@@H](CC(N)=O)C(=O)NCC(N)=O. The first-order valence-corrected chi connectivity index (χ1v) is 39.2. The van der Waals surface area contributed by atoms with Crippen LogP contribution in [0.15, 0.2) is 97.2 Å². The molecular formula is C78H107N19O18S. The second-order valence-corrected chi connectivity index (χ2v) is 30.0. The van der Waals surface area contributed by atoms with Crippen molar-refractivity contribution >= 4 is 134 Å². The van der Waals surface area contributed by atoms with Gasteiger partial charge in [-0.2, -0.15) is 11.8 Å². The lowest BCUT2D eigenvalue weighted by atomic mass is 9.91. The van der Waals surface area contributed by atoms with Crippen molar-refractivity contribution in [3.8, 4) is 0 Å². The van der Waals surface area contributed by atoms with Gasteiger partial charge in [0.25, 0.3) is 0 Å². The molecule has 2 heterocycles. The van der Waals surface area contributed by atoms with Gasteiger partial charge in [-0.3, -0.25) is 81.5 Å². The number of primary amides is 4. The number of amides is 17. The molecule has 628 valence electrons. The third-order valence-electron chi connectivity index (χ3n) is 19.0. The number of rotatable bonds is 38. The minimum atomic E-state index is -1.98. The number of thioether (sulfide) groups is 1. The molecule has 6 rings (SSSR count). The summed E-state index contributed by atoms with van der Waals surface area (Å²) in [4.78, 5) is 239. The summed E-state index contributed by atoms with van der Waals surface area (Å²) in [5.41, 5.74) is 28.6. The molecule has 37 nitrogen and oxygen atoms in total. The van der Waals surface area contributed by atoms with Gasteiger partial charge < -0.3 is 108 Å². The molecule has 0 saturated carbocycles. The number of hydrogen-bond acceptors (Lipinski definition) is 20. The van der Waals surface area contributed by atoms with Crippen LogP contribution in [0.3, 0.4) is 0 Å². The zero-order valence-electron chi connectivity index (χ0n) is 65.4. The Bertz CT molecular complexity index is 4390. The molecule has 0 spiro atoms. The van der Waals surface area contributed by atoms with Crippen molar-refractivity contribution in [1.82, 2.24) is 74.1 Å². The summed E-state index contributed by atoms with van der Waals surface area (Å²) in [6.45, 7) is 6.32. The van der Waals surface area contributed by atoms with Gasteiger partial charge in [-0.05, 0) is 124 Å². The van der Waals surface area contributed by atoms with Crippen molar-refractivity contribution in [2.24, 2.45) is 28.7 Å². The maximum Gasteiger partial charge on any atom is 0.246 e. The normalized spacial score (nSPS) is 18.9. The molecule has 0 radical (unpaired) electrons. The molecule has 4 aromatic carbocycles. The quantitative estimate of drug-likeness (QED) is 0.0170. The van der Waals surface area contributed by atoms with Gasteiger partial charge in [0.1, 0.15) is 66.0 Å². The van der Waals surface area contributed by atoms with E-state index in [-0.39, 0.29) is 82.5 Å². The van der Waals surface area contributed by atoms with Gasteiger partial charge in [-0.15, -0.1) is 0 Å². The zero-order chi connectivity index (χ0) is 85.3. The van der Waals surface area contributed by atoms with Crippen molar-refractivity contribution in [3.05, 3.63) is 119 Å². The van der Waals surface area contributed by atoms with Crippen LogP contribution in [-0.2, 0) is 101 Å². The minimum Gasteiger partial charge on any atom is -0.391 e. The number of para-hydroxylation sites is 1. The molecule has 5 aromatic rings. The van der Waals surface area contributed by atoms with Crippen molar-refractivity contribution in [3.63, 3.8) is 0 Å². The smallest absolute Gasteiger partial charge is 0.246 e. The van der Waals surface area contributed by atoms with Crippen LogP contribution >= 0.6 is 11.8 Å². The van der Waals surface area contributed by atoms with E-state index in [9.17, 15) is 62.6 Å². The lowest BCUT2D eigenvalue weighted by Gasteiger charge is -2.34. The van der Waals surface area contributed by atoms with Crippen LogP contribution in [0.1, 0.15) is 127 Å². The number of aromatic nitrogens is 1. The minimum absolute atomic E-state index is 0.122. The van der Waals surface area contributed by atoms with Crippen LogP contribution < -0.4 is 97.8 Å². The molecule has 116 heavy (non-hydrogen) atoms. The first-order valence-electron chi connectivity index (χ1n) is 38.1. The summed E-state index contributed by atoms with van der Waals surface area (Å²) < 4.78 is 0. The number of aryl methyl sites for hydroxylation is 1. The Balaban J connectivity index is 1.44. The Morgan fingerprint density at radius 1 is 0.586 bits per heavy atom. The molecule has 1 fully saturated rings. The predicted molar refractivity (Wildman–Crippen MR) is 428 cm³/mol. The number of nitrogens with two attached hydrogens (primary N) is 5. The number of H-pyrrole nitrogens is 1. The van der Waals surface area contributed by atoms with E-state index in [1.807, 2.05) is 18.2 Å². The van der Waals surface area contributed by atoms with Gasteiger partial charge in [-0.25, -0.2) is 0 Å². The van der Waals surface area contributed by atoms with Gasteiger partial charge in [0, 0.05) is 75.3 Å². The number of aromatic amines is 1. The highest BCUT2D eigenvalue weighted by atomic mass is 32.2. The fraction of sp³-hybridized carbons (Fsp3) is 0.474. The number of carbonyl (C=O) groups excluding carboxylic acids is 17. The molecule has 25 N–H and O–H groups in total. The number of nitrogens with one attached hydrogen (secondary N) is 14. The van der Waals surface area contributed by atoms with E-state index < -0.39 is 211 Å². The van der Waals surface area contributed by atoms with E-state index in [1.54, 1.807) is 85.9 Å². The van der Waals surface area contributed by atoms with Gasteiger partial charge in [0.05, 0.1) is 19.1 Å². The number of fused-ring (bicyclic) bond motifs is 2. The average molecular weight is 1630 g/mol. The standard InChI is InChI=1S/C78H107N19O18S/c1-42-15-14-16-46(33-42)35-57(72(110)91-58(36-47-22-23-48-17-6-7-18-49(48)34-47)75(113)97-78(5,29-11-12-30-79)77(115)95-53(21-10-13-31-84-44(3)99)68(106)92-60(38-64(82)103)67(105)86-40-65(83)104)90-74(112)61-41-116-32-28-56(87-45(4)100)70(108)88-55(25-27-63(81)102)71(109)96-66(43(2)98)76(114)93-59(37-50-39-85-52-20-9-8-19-51(50)52)73(111)89-54(69(107)94-61)24-26-62(80)101/h6-9,14-20,22-23,33-34,39,43,53-61,66,85,98H,10-13,21,24-32,35-38,40-41,79H2,1-5H3,(H2,80,101)(H2,81,102)(H2,82,103)(H2,83,104)(H,84,99)(H,86,105)(H,87,100)(H,88,108)(H,89,111)(H,90,112)(H,91,110)(H,92,106)(H,93,114)(H,94,107)(H,95,115)(H,96,109)(H,97,113)/t43-,53+,54+,55+,56+,57+,58+,59+,60+,61+,66+,78+/m1/s1. The van der Waals surface area contributed by atoms with Gasteiger partial charge >= 0.3 is 0 Å². The van der Waals surface area contributed by atoms with E-state index in [2.05, 4.69) is 74.1 Å². The lowest BCUT2D eigenvalue weighted by Crippen LogP contribution is -2.64. The summed E-state index contributed by atoms with van der Waals surface area (Å²) in [5, 5.41) is 46.9. The summed E-state index contributed by atoms with van der Waals surface area (Å²) >= 11 is 0.946. The summed E-state index contributed by atoms with van der Waals surface area (Å²) in [7, 11) is 0. The molecule has 38 heteroatoms. The van der Waals surface area contributed by atoms with Gasteiger partial charge in [0.2, 0.25) is 100 Å². The van der Waals surface area contributed by atoms with Gasteiger partial charge in [-0.1, -0.05) is 90.5 Å². The van der Waals surface area contributed by atoms with Crippen LogP contribution in [0.2, 0.25) is 0 Å². The summed E-state index contributed by atoms with van der Waals surface area (Å²) in [6.07, 6.45) is -3.40. The summed E-state index contributed by atoms with van der Waals surface area (Å²) in [6, 6.07) is 9.69. The highest BCUT2D eigenvalue weighted by Gasteiger charge is 2.42. The number of hydrogen-bond donors (Lipinski definition) is 20. The first kappa shape index (κ1) is 92.8. The molecule has 0 unspecified atom stereocenters. The second-order valence-electron chi connectivity index (χ2n) is 28.9. The number of carbonyl (C=O) groups is 17. The molecular weight excluding hydrogens is 1520 g/mol. The monoisotopic (exact) mass is 1630 g/mol. The first-order chi connectivity index (χ1) is 55.0. The predicted octanol–water partition coefficient (Wildman–Crippen LogP) is -3.64. The van der Waals surface area contributed by atoms with Crippen LogP contribution in [0.4, 0.5) is 0 Å². The Morgan fingerprint density at radius 2 is 1.20 bits per heavy atom. The van der Waals surface area contributed by atoms with Crippen LogP contribution in [0.25, 0.3) is 21.7 Å². The van der Waals surface area contributed by atoms with Crippen molar-refractivity contribution in [2.45, 2.75) is 203 Å². The van der Waals surface area contributed by atoms with E-state index in [1.165, 1.54) is 13.8 Å². The maximum atomic E-state index is 15.7. The highest BCUT2D eigenvalue weighted by molar-refractivity contribution is 7.99. The van der Waals surface area contributed by atoms with E-state index in [0.29, 0.717) is 34.0 Å². The molecule has 17 amide bonds. The number of aliphatic hydroxyl groups excluding tert-OH is 1. The fourth-order valence-corrected chi connectivity index (χ4v) is 13.9. The Morgan fingerprint density at radius 3 is 1.84 bits per heavy atom. The third-order valence-corrected chi connectivity index (χ3v) is 20.1. The molecule has 1 aliphatic heterocycles. The van der Waals surface area contributed by atoms with Crippen molar-refractivity contribution < 1.29 is 86.6 Å². The maximum absolute atomic E-state index is 15.7. The van der Waals surface area contributed by atoms with Crippen molar-refractivity contribution in [1.29, 1.82) is 0 Å². The Hall–Kier alpha value is -12.1. The van der Waals surface area contributed by atoms with E-state index >= 15 is 24.0 Å². The molecule has 12 atom stereocenters. The van der Waals surface area contributed by atoms with Gasteiger partial charge in [0.15, 0.2) is 0 Å². The molecule has 1 saturated heterocycles. The molecule has 0 bridgehead atoms. The largest absolute Gasteiger partial charge is 0.391 e. The number of unbranched alkanes of at least 4 members (excludes halogenated alkanes) is 2. The number of aliphatic hydroxyl groups is 1. The fourth-order valence-electron chi connectivity index (χ4n) is 12.8. The average Bonchev–Trinajstić information content (AvgIpc) is 0.977.